The van der Waals surface area contributed by atoms with Crippen LogP contribution >= 0.6 is 23.2 Å². The lowest BCUT2D eigenvalue weighted by Gasteiger charge is -2.13. The minimum Gasteiger partial charge on any atom is -0.493 e. The van der Waals surface area contributed by atoms with Gasteiger partial charge in [0.25, 0.3) is 0 Å². The SMILES string of the molecule is COc1ccccc1Oc1c(N)nc(Cc2ccccc2Cl)nc1Cl. The molecule has 1 aromatic heterocycles. The molecule has 0 aliphatic heterocycles. The van der Waals surface area contributed by atoms with Crippen LogP contribution in [0.3, 0.4) is 0 Å². The molecule has 0 bridgehead atoms. The lowest BCUT2D eigenvalue weighted by Crippen LogP contribution is -2.04. The van der Waals surface area contributed by atoms with Crippen molar-refractivity contribution >= 4 is 29.0 Å². The summed E-state index contributed by atoms with van der Waals surface area (Å²) in [6.07, 6.45) is 0.415. The van der Waals surface area contributed by atoms with Crippen LogP contribution in [0.15, 0.2) is 48.5 Å². The summed E-state index contributed by atoms with van der Waals surface area (Å²) in [5.74, 6) is 1.82. The fourth-order valence-electron chi connectivity index (χ4n) is 2.28. The molecule has 0 spiro atoms. The van der Waals surface area contributed by atoms with E-state index in [4.69, 9.17) is 38.4 Å². The molecule has 0 amide bonds. The van der Waals surface area contributed by atoms with Crippen LogP contribution < -0.4 is 15.2 Å². The van der Waals surface area contributed by atoms with Gasteiger partial charge < -0.3 is 15.2 Å². The highest BCUT2D eigenvalue weighted by molar-refractivity contribution is 6.31. The highest BCUT2D eigenvalue weighted by Gasteiger charge is 2.16. The number of nitrogens with zero attached hydrogens (tertiary/aromatic N) is 2. The quantitative estimate of drug-likeness (QED) is 0.651. The van der Waals surface area contributed by atoms with Crippen molar-refractivity contribution in [2.75, 3.05) is 12.8 Å². The average molecular weight is 376 g/mol. The van der Waals surface area contributed by atoms with E-state index in [9.17, 15) is 0 Å². The Kier molecular flexibility index (Phi) is 5.26. The molecule has 0 saturated carbocycles. The van der Waals surface area contributed by atoms with Gasteiger partial charge in [-0.3, -0.25) is 0 Å². The normalized spacial score (nSPS) is 10.5. The van der Waals surface area contributed by atoms with Gasteiger partial charge in [0.05, 0.1) is 7.11 Å². The van der Waals surface area contributed by atoms with Gasteiger partial charge in [0, 0.05) is 11.4 Å². The molecule has 2 aromatic carbocycles. The zero-order valence-corrected chi connectivity index (χ0v) is 14.9. The van der Waals surface area contributed by atoms with Gasteiger partial charge in [0.1, 0.15) is 5.82 Å². The van der Waals surface area contributed by atoms with E-state index in [0.717, 1.165) is 5.56 Å². The minimum absolute atomic E-state index is 0.125. The first kappa shape index (κ1) is 17.3. The number of hydrogen-bond donors (Lipinski definition) is 1. The summed E-state index contributed by atoms with van der Waals surface area (Å²) >= 11 is 12.4. The first-order valence-corrected chi connectivity index (χ1v) is 8.20. The Hall–Kier alpha value is -2.50. The van der Waals surface area contributed by atoms with E-state index in [-0.39, 0.29) is 16.7 Å². The number of rotatable bonds is 5. The third-order valence-electron chi connectivity index (χ3n) is 3.48. The molecule has 2 N–H and O–H groups in total. The van der Waals surface area contributed by atoms with Crippen molar-refractivity contribution in [2.24, 2.45) is 0 Å². The van der Waals surface area contributed by atoms with Crippen LogP contribution in [0.25, 0.3) is 0 Å². The maximum absolute atomic E-state index is 6.26. The Balaban J connectivity index is 1.89. The van der Waals surface area contributed by atoms with Crippen LogP contribution in [0.1, 0.15) is 11.4 Å². The number of halogens is 2. The predicted molar refractivity (Wildman–Crippen MR) is 98.8 cm³/mol. The molecule has 0 fully saturated rings. The molecule has 0 aliphatic rings. The minimum atomic E-state index is 0.125. The molecule has 3 aromatic rings. The highest BCUT2D eigenvalue weighted by Crippen LogP contribution is 2.37. The number of nitrogen functional groups attached to an aromatic ring is 1. The number of para-hydroxylation sites is 2. The number of benzene rings is 2. The summed E-state index contributed by atoms with van der Waals surface area (Å²) in [6, 6.07) is 14.6. The molecule has 7 heteroatoms. The van der Waals surface area contributed by atoms with Gasteiger partial charge in [-0.05, 0) is 23.8 Å². The van der Waals surface area contributed by atoms with E-state index in [1.165, 1.54) is 0 Å². The first-order chi connectivity index (χ1) is 12.1. The van der Waals surface area contributed by atoms with Gasteiger partial charge >= 0.3 is 0 Å². The number of ether oxygens (including phenoxy) is 2. The van der Waals surface area contributed by atoms with Gasteiger partial charge in [-0.2, -0.15) is 0 Å². The zero-order valence-electron chi connectivity index (χ0n) is 13.4. The number of aromatic nitrogens is 2. The van der Waals surface area contributed by atoms with Gasteiger partial charge in [0.15, 0.2) is 22.5 Å². The third kappa shape index (κ3) is 3.95. The van der Waals surface area contributed by atoms with Crippen LogP contribution in [0, 0.1) is 0 Å². The third-order valence-corrected chi connectivity index (χ3v) is 4.11. The largest absolute Gasteiger partial charge is 0.493 e. The second-order valence-corrected chi connectivity index (χ2v) is 5.93. The first-order valence-electron chi connectivity index (χ1n) is 7.44. The van der Waals surface area contributed by atoms with Crippen molar-refractivity contribution in [3.05, 3.63) is 70.1 Å². The lowest BCUT2D eigenvalue weighted by molar-refractivity contribution is 0.378. The number of anilines is 1. The van der Waals surface area contributed by atoms with Gasteiger partial charge in [0.2, 0.25) is 5.75 Å². The molecule has 128 valence electrons. The van der Waals surface area contributed by atoms with Crippen LogP contribution in [-0.4, -0.2) is 17.1 Å². The summed E-state index contributed by atoms with van der Waals surface area (Å²) < 4.78 is 11.0. The van der Waals surface area contributed by atoms with Crippen LogP contribution in [0.4, 0.5) is 5.82 Å². The Bertz CT molecular complexity index is 880. The summed E-state index contributed by atoms with van der Waals surface area (Å²) in [5, 5.41) is 0.760. The van der Waals surface area contributed by atoms with Gasteiger partial charge in [-0.15, -0.1) is 0 Å². The molecule has 0 radical (unpaired) electrons. The van der Waals surface area contributed by atoms with E-state index in [1.54, 1.807) is 25.3 Å². The number of nitrogens with two attached hydrogens (primary N) is 1. The summed E-state index contributed by atoms with van der Waals surface area (Å²) in [4.78, 5) is 8.55. The van der Waals surface area contributed by atoms with E-state index < -0.39 is 0 Å². The van der Waals surface area contributed by atoms with Crippen molar-refractivity contribution in [1.29, 1.82) is 0 Å². The van der Waals surface area contributed by atoms with Gasteiger partial charge in [-0.25, -0.2) is 9.97 Å². The lowest BCUT2D eigenvalue weighted by atomic mass is 10.1. The molecule has 5 nitrogen and oxygen atoms in total. The van der Waals surface area contributed by atoms with Crippen LogP contribution in [0.5, 0.6) is 17.2 Å². The second kappa shape index (κ2) is 7.59. The number of methoxy groups -OCH3 is 1. The fourth-order valence-corrected chi connectivity index (χ4v) is 2.72. The molecule has 0 aliphatic carbocycles. The molecular formula is C18H15Cl2N3O2. The topological polar surface area (TPSA) is 70.3 Å². The smallest absolute Gasteiger partial charge is 0.206 e. The monoisotopic (exact) mass is 375 g/mol. The van der Waals surface area contributed by atoms with Crippen molar-refractivity contribution in [3.8, 4) is 17.2 Å². The Morgan fingerprint density at radius 3 is 2.32 bits per heavy atom. The summed E-state index contributed by atoms with van der Waals surface area (Å²) in [6.45, 7) is 0. The fraction of sp³-hybridized carbons (Fsp3) is 0.111. The highest BCUT2D eigenvalue weighted by atomic mass is 35.5. The molecule has 1 heterocycles. The summed E-state index contributed by atoms with van der Waals surface area (Å²) in [7, 11) is 1.55. The van der Waals surface area contributed by atoms with Crippen LogP contribution in [-0.2, 0) is 6.42 Å². The maximum Gasteiger partial charge on any atom is 0.206 e. The van der Waals surface area contributed by atoms with Crippen molar-refractivity contribution in [3.63, 3.8) is 0 Å². The molecule has 3 rings (SSSR count). The maximum atomic E-state index is 6.26. The van der Waals surface area contributed by atoms with Crippen molar-refractivity contribution in [1.82, 2.24) is 9.97 Å². The van der Waals surface area contributed by atoms with E-state index >= 15 is 0 Å². The van der Waals surface area contributed by atoms with E-state index in [0.29, 0.717) is 28.8 Å². The summed E-state index contributed by atoms with van der Waals surface area (Å²) in [5.41, 5.74) is 6.91. The molecular weight excluding hydrogens is 361 g/mol. The molecule has 0 saturated heterocycles. The van der Waals surface area contributed by atoms with Crippen molar-refractivity contribution in [2.45, 2.75) is 6.42 Å². The number of hydrogen-bond acceptors (Lipinski definition) is 5. The molecule has 0 atom stereocenters. The Labute approximate surface area is 155 Å². The Morgan fingerprint density at radius 2 is 1.64 bits per heavy atom. The van der Waals surface area contributed by atoms with E-state index in [1.807, 2.05) is 30.3 Å². The molecule has 0 unspecified atom stereocenters. The zero-order chi connectivity index (χ0) is 17.8. The predicted octanol–water partition coefficient (Wildman–Crippen LogP) is 4.76. The van der Waals surface area contributed by atoms with Gasteiger partial charge in [-0.1, -0.05) is 53.5 Å². The van der Waals surface area contributed by atoms with E-state index in [2.05, 4.69) is 9.97 Å². The van der Waals surface area contributed by atoms with Crippen LogP contribution in [0.2, 0.25) is 10.2 Å². The Morgan fingerprint density at radius 1 is 0.960 bits per heavy atom. The average Bonchev–Trinajstić information content (AvgIpc) is 2.60. The second-order valence-electron chi connectivity index (χ2n) is 5.17. The standard InChI is InChI=1S/C18H15Cl2N3O2/c1-24-13-8-4-5-9-14(13)25-16-17(20)22-15(23-18(16)21)10-11-6-2-3-7-12(11)19/h2-9H,10H2,1H3,(H2,21,22,23). The molecule has 25 heavy (non-hydrogen) atoms. The van der Waals surface area contributed by atoms with Crippen molar-refractivity contribution < 1.29 is 9.47 Å².